The maximum atomic E-state index is 8.19. The van der Waals surface area contributed by atoms with Crippen molar-refractivity contribution in [2.45, 2.75) is 13.2 Å². The monoisotopic (exact) mass is 171 g/mol. The van der Waals surface area contributed by atoms with Crippen molar-refractivity contribution in [2.24, 2.45) is 0 Å². The molecule has 0 aliphatic carbocycles. The molecule has 0 fully saturated rings. The predicted octanol–water partition coefficient (Wildman–Crippen LogP) is 1.06. The van der Waals surface area contributed by atoms with Crippen LogP contribution in [-0.4, -0.2) is 15.5 Å². The zero-order valence-electron chi connectivity index (χ0n) is 6.30. The molecule has 0 saturated heterocycles. The molecule has 0 unspecified atom stereocenters. The van der Waals surface area contributed by atoms with Gasteiger partial charge >= 0.3 is 0 Å². The van der Waals surface area contributed by atoms with Crippen molar-refractivity contribution in [1.82, 2.24) is 4.98 Å². The van der Waals surface area contributed by atoms with Crippen molar-refractivity contribution >= 4 is 0 Å². The summed E-state index contributed by atoms with van der Waals surface area (Å²) in [5.41, 5.74) is 1.40. The summed E-state index contributed by atoms with van der Waals surface area (Å²) in [7, 11) is 0. The Labute approximate surface area is 69.1 Å². The van der Waals surface area contributed by atoms with Gasteiger partial charge in [-0.2, -0.15) is 0 Å². The molecule has 0 aliphatic heterocycles. The van der Waals surface area contributed by atoms with E-state index in [9.17, 15) is 0 Å². The second kappa shape index (κ2) is 4.78. The first-order valence-corrected chi connectivity index (χ1v) is 3.33. The lowest BCUT2D eigenvalue weighted by Crippen LogP contribution is -1.98. The Morgan fingerprint density at radius 3 is 2.50 bits per heavy atom. The fraction of sp³-hybridized carbons (Fsp3) is 0.286. The van der Waals surface area contributed by atoms with Gasteiger partial charge in [0.15, 0.2) is 0 Å². The van der Waals surface area contributed by atoms with Crippen LogP contribution in [0.3, 0.4) is 0 Å². The van der Waals surface area contributed by atoms with E-state index in [0.29, 0.717) is 5.56 Å². The Balaban J connectivity index is 2.77. The number of nitrogens with zero attached hydrogens (tertiary/aromatic N) is 1. The Bertz CT molecular complexity index is 216. The maximum absolute atomic E-state index is 8.19. The van der Waals surface area contributed by atoms with Crippen LogP contribution in [0.15, 0.2) is 18.5 Å². The van der Waals surface area contributed by atoms with Crippen LogP contribution in [0.4, 0.5) is 0 Å². The summed E-state index contributed by atoms with van der Waals surface area (Å²) < 4.78 is 0. The van der Waals surface area contributed by atoms with Gasteiger partial charge in [-0.1, -0.05) is 0 Å². The zero-order valence-corrected chi connectivity index (χ0v) is 6.30. The number of aromatic nitrogens is 1. The van der Waals surface area contributed by atoms with Gasteiger partial charge in [-0.15, -0.1) is 0 Å². The summed E-state index contributed by atoms with van der Waals surface area (Å²) in [6.07, 6.45) is 3.10. The molecule has 66 valence electrons. The fourth-order valence-electron chi connectivity index (χ4n) is 0.866. The van der Waals surface area contributed by atoms with Crippen LogP contribution in [0, 0.1) is 0 Å². The Morgan fingerprint density at radius 2 is 1.83 bits per heavy atom. The van der Waals surface area contributed by atoms with Crippen LogP contribution >= 0.6 is 0 Å². The summed E-state index contributed by atoms with van der Waals surface area (Å²) in [6.45, 7) is 0.0910. The molecule has 0 aliphatic rings. The molecule has 0 atom stereocenters. The van der Waals surface area contributed by atoms with Crippen LogP contribution in [0.1, 0.15) is 11.1 Å². The molecule has 0 amide bonds. The van der Waals surface area contributed by atoms with E-state index < -0.39 is 0 Å². The largest absolute Gasteiger partial charge is 0.264 e. The minimum Gasteiger partial charge on any atom is -0.264 e. The molecule has 5 nitrogen and oxygen atoms in total. The van der Waals surface area contributed by atoms with E-state index in [0.717, 1.165) is 5.56 Å². The smallest absolute Gasteiger partial charge is 0.109 e. The average Bonchev–Trinajstić information content (AvgIpc) is 2.09. The van der Waals surface area contributed by atoms with Gasteiger partial charge in [-0.05, 0) is 11.6 Å². The normalized spacial score (nSPS) is 10.2. The van der Waals surface area contributed by atoms with Gasteiger partial charge in [-0.3, -0.25) is 15.5 Å². The zero-order chi connectivity index (χ0) is 8.81. The topological polar surface area (TPSA) is 71.8 Å². The maximum Gasteiger partial charge on any atom is 0.109 e. The summed E-state index contributed by atoms with van der Waals surface area (Å²) in [5.74, 6) is 0. The molecule has 5 heteroatoms. The number of pyridine rings is 1. The molecule has 12 heavy (non-hydrogen) atoms. The molecule has 0 bridgehead atoms. The van der Waals surface area contributed by atoms with Crippen molar-refractivity contribution in [3.05, 3.63) is 29.6 Å². The van der Waals surface area contributed by atoms with Crippen molar-refractivity contribution in [2.75, 3.05) is 0 Å². The van der Waals surface area contributed by atoms with Crippen molar-refractivity contribution in [1.29, 1.82) is 0 Å². The molecule has 1 aromatic rings. The highest BCUT2D eigenvalue weighted by molar-refractivity contribution is 5.21. The van der Waals surface area contributed by atoms with E-state index in [-0.39, 0.29) is 13.2 Å². The molecule has 2 N–H and O–H groups in total. The Morgan fingerprint density at radius 1 is 1.17 bits per heavy atom. The molecule has 0 saturated carbocycles. The minimum atomic E-state index is 0.0343. The highest BCUT2D eigenvalue weighted by Gasteiger charge is 2.01. The molecule has 1 heterocycles. The molecule has 1 aromatic heterocycles. The first-order valence-electron chi connectivity index (χ1n) is 3.33. The van der Waals surface area contributed by atoms with Crippen LogP contribution in [0.2, 0.25) is 0 Å². The third kappa shape index (κ3) is 2.24. The minimum absolute atomic E-state index is 0.0343. The molecular formula is C7H9NO4. The van der Waals surface area contributed by atoms with Gasteiger partial charge < -0.3 is 0 Å². The number of hydrogen-bond donors (Lipinski definition) is 2. The highest BCUT2D eigenvalue weighted by Crippen LogP contribution is 2.08. The van der Waals surface area contributed by atoms with E-state index in [1.165, 1.54) is 6.20 Å². The van der Waals surface area contributed by atoms with Gasteiger partial charge in [0.2, 0.25) is 0 Å². The summed E-state index contributed by atoms with van der Waals surface area (Å²) >= 11 is 0. The van der Waals surface area contributed by atoms with Gasteiger partial charge in [0, 0.05) is 18.0 Å². The van der Waals surface area contributed by atoms with E-state index in [1.54, 1.807) is 12.3 Å². The summed E-state index contributed by atoms with van der Waals surface area (Å²) in [4.78, 5) is 11.7. The lowest BCUT2D eigenvalue weighted by atomic mass is 10.2. The van der Waals surface area contributed by atoms with E-state index in [4.69, 9.17) is 10.5 Å². The molecule has 0 radical (unpaired) electrons. The van der Waals surface area contributed by atoms with Crippen molar-refractivity contribution < 1.29 is 20.3 Å². The summed E-state index contributed by atoms with van der Waals surface area (Å²) in [6, 6.07) is 1.67. The fourth-order valence-corrected chi connectivity index (χ4v) is 0.866. The van der Waals surface area contributed by atoms with Crippen molar-refractivity contribution in [3.63, 3.8) is 0 Å². The average molecular weight is 171 g/mol. The second-order valence-electron chi connectivity index (χ2n) is 2.19. The number of rotatable bonds is 4. The van der Waals surface area contributed by atoms with E-state index in [2.05, 4.69) is 14.8 Å². The van der Waals surface area contributed by atoms with Gasteiger partial charge in [0.25, 0.3) is 0 Å². The third-order valence-corrected chi connectivity index (χ3v) is 1.44. The molecule has 1 rings (SSSR count). The van der Waals surface area contributed by atoms with Crippen LogP contribution in [0.5, 0.6) is 0 Å². The standard InChI is InChI=1S/C7H9NO4/c9-11-4-6-1-2-8-3-7(6)5-12-10/h1-3,9-10H,4-5H2. The van der Waals surface area contributed by atoms with E-state index >= 15 is 0 Å². The van der Waals surface area contributed by atoms with Crippen molar-refractivity contribution in [3.8, 4) is 0 Å². The molecular weight excluding hydrogens is 162 g/mol. The highest BCUT2D eigenvalue weighted by atomic mass is 17.1. The van der Waals surface area contributed by atoms with Crippen LogP contribution in [-0.2, 0) is 23.0 Å². The van der Waals surface area contributed by atoms with Gasteiger partial charge in [0.05, 0.1) is 0 Å². The third-order valence-electron chi connectivity index (χ3n) is 1.44. The molecule has 0 aromatic carbocycles. The van der Waals surface area contributed by atoms with E-state index in [1.807, 2.05) is 0 Å². The lowest BCUT2D eigenvalue weighted by molar-refractivity contribution is -0.258. The first kappa shape index (κ1) is 9.08. The predicted molar refractivity (Wildman–Crippen MR) is 39.1 cm³/mol. The quantitative estimate of drug-likeness (QED) is 0.523. The molecule has 0 spiro atoms. The Kier molecular flexibility index (Phi) is 3.62. The van der Waals surface area contributed by atoms with Gasteiger partial charge in [-0.25, -0.2) is 9.78 Å². The Hall–Kier alpha value is -1.01. The number of hydrogen-bond acceptors (Lipinski definition) is 5. The summed E-state index contributed by atoms with van der Waals surface area (Å²) in [5, 5.41) is 16.4. The lowest BCUT2D eigenvalue weighted by Gasteiger charge is -2.03. The second-order valence-corrected chi connectivity index (χ2v) is 2.19. The van der Waals surface area contributed by atoms with Crippen LogP contribution < -0.4 is 0 Å². The van der Waals surface area contributed by atoms with Gasteiger partial charge in [0.1, 0.15) is 13.2 Å². The SMILES string of the molecule is OOCc1ccncc1COO. The first-order chi connectivity index (χ1) is 5.88. The van der Waals surface area contributed by atoms with Crippen LogP contribution in [0.25, 0.3) is 0 Å².